The Labute approximate surface area is 123 Å². The standard InChI is InChI=1S/C16H30N2O2/c1-11(2)13-15(19)18(10-16(3,4)20-5)14(17-13)12-8-6-7-9-12/h11-14,17H,6-10H2,1-5H3. The first-order valence-electron chi connectivity index (χ1n) is 7.97. The van der Waals surface area contributed by atoms with E-state index in [0.29, 0.717) is 18.4 Å². The van der Waals surface area contributed by atoms with E-state index in [4.69, 9.17) is 4.74 Å². The molecule has 2 aliphatic rings. The van der Waals surface area contributed by atoms with Crippen LogP contribution < -0.4 is 5.32 Å². The van der Waals surface area contributed by atoms with Gasteiger partial charge in [0.25, 0.3) is 0 Å². The van der Waals surface area contributed by atoms with Crippen LogP contribution in [-0.4, -0.2) is 42.3 Å². The van der Waals surface area contributed by atoms with E-state index in [2.05, 4.69) is 33.0 Å². The molecule has 2 unspecified atom stereocenters. The molecule has 1 saturated carbocycles. The van der Waals surface area contributed by atoms with Crippen molar-refractivity contribution in [1.29, 1.82) is 0 Å². The van der Waals surface area contributed by atoms with Crippen molar-refractivity contribution in [2.24, 2.45) is 11.8 Å². The summed E-state index contributed by atoms with van der Waals surface area (Å²) in [5, 5.41) is 3.60. The fraction of sp³-hybridized carbons (Fsp3) is 0.938. The molecule has 0 aromatic carbocycles. The van der Waals surface area contributed by atoms with Gasteiger partial charge in [-0.2, -0.15) is 0 Å². The van der Waals surface area contributed by atoms with Gasteiger partial charge in [0.1, 0.15) is 0 Å². The molecule has 2 atom stereocenters. The smallest absolute Gasteiger partial charge is 0.241 e. The first-order valence-corrected chi connectivity index (χ1v) is 7.97. The Morgan fingerprint density at radius 1 is 1.35 bits per heavy atom. The highest BCUT2D eigenvalue weighted by atomic mass is 16.5. The average molecular weight is 282 g/mol. The van der Waals surface area contributed by atoms with Gasteiger partial charge in [0.2, 0.25) is 5.91 Å². The molecule has 4 heteroatoms. The number of carbonyl (C=O) groups excluding carboxylic acids is 1. The molecule has 0 radical (unpaired) electrons. The molecular weight excluding hydrogens is 252 g/mol. The number of nitrogens with one attached hydrogen (secondary N) is 1. The number of rotatable bonds is 5. The highest BCUT2D eigenvalue weighted by Gasteiger charge is 2.45. The van der Waals surface area contributed by atoms with Crippen molar-refractivity contribution in [2.75, 3.05) is 13.7 Å². The Bertz CT molecular complexity index is 348. The summed E-state index contributed by atoms with van der Waals surface area (Å²) in [5.41, 5.74) is -0.292. The predicted octanol–water partition coefficient (Wildman–Crippen LogP) is 2.38. The summed E-state index contributed by atoms with van der Waals surface area (Å²) in [5.74, 6) is 1.19. The topological polar surface area (TPSA) is 41.6 Å². The van der Waals surface area contributed by atoms with E-state index in [1.165, 1.54) is 25.7 Å². The molecule has 1 saturated heterocycles. The van der Waals surface area contributed by atoms with Gasteiger partial charge in [0.15, 0.2) is 0 Å². The van der Waals surface area contributed by atoms with Gasteiger partial charge in [0.05, 0.1) is 24.4 Å². The lowest BCUT2D eigenvalue weighted by molar-refractivity contribution is -0.135. The summed E-state index contributed by atoms with van der Waals surface area (Å²) in [6, 6.07) is -0.0340. The first kappa shape index (κ1) is 15.8. The summed E-state index contributed by atoms with van der Waals surface area (Å²) in [7, 11) is 1.72. The van der Waals surface area contributed by atoms with Crippen molar-refractivity contribution < 1.29 is 9.53 Å². The molecule has 2 fully saturated rings. The van der Waals surface area contributed by atoms with Crippen LogP contribution in [0.4, 0.5) is 0 Å². The number of carbonyl (C=O) groups is 1. The van der Waals surface area contributed by atoms with E-state index < -0.39 is 0 Å². The van der Waals surface area contributed by atoms with Crippen molar-refractivity contribution in [3.8, 4) is 0 Å². The molecule has 1 heterocycles. The van der Waals surface area contributed by atoms with Crippen molar-refractivity contribution in [2.45, 2.75) is 71.2 Å². The van der Waals surface area contributed by atoms with Crippen molar-refractivity contribution in [3.63, 3.8) is 0 Å². The number of hydrogen-bond donors (Lipinski definition) is 1. The van der Waals surface area contributed by atoms with Crippen LogP contribution >= 0.6 is 0 Å². The second kappa shape index (κ2) is 6.02. The largest absolute Gasteiger partial charge is 0.377 e. The second-order valence-corrected chi connectivity index (χ2v) is 7.31. The third-order valence-electron chi connectivity index (χ3n) is 4.85. The van der Waals surface area contributed by atoms with Crippen LogP contribution in [0.15, 0.2) is 0 Å². The lowest BCUT2D eigenvalue weighted by atomic mass is 10.0. The molecule has 4 nitrogen and oxygen atoms in total. The Kier molecular flexibility index (Phi) is 4.75. The third-order valence-corrected chi connectivity index (χ3v) is 4.85. The van der Waals surface area contributed by atoms with E-state index in [9.17, 15) is 4.79 Å². The SMILES string of the molecule is COC(C)(C)CN1C(=O)C(C(C)C)NC1C1CCCC1. The summed E-state index contributed by atoms with van der Waals surface area (Å²) >= 11 is 0. The van der Waals surface area contributed by atoms with Gasteiger partial charge < -0.3 is 9.64 Å². The van der Waals surface area contributed by atoms with Crippen LogP contribution in [0, 0.1) is 11.8 Å². The van der Waals surface area contributed by atoms with E-state index in [1.807, 2.05) is 4.90 Å². The van der Waals surface area contributed by atoms with Gasteiger partial charge in [0, 0.05) is 7.11 Å². The number of ether oxygens (including phenoxy) is 1. The van der Waals surface area contributed by atoms with Crippen LogP contribution in [0.5, 0.6) is 0 Å². The molecule has 0 aromatic rings. The van der Waals surface area contributed by atoms with Gasteiger partial charge in [-0.15, -0.1) is 0 Å². The normalized spacial score (nSPS) is 28.9. The highest BCUT2D eigenvalue weighted by Crippen LogP contribution is 2.33. The fourth-order valence-corrected chi connectivity index (χ4v) is 3.45. The van der Waals surface area contributed by atoms with E-state index in [0.717, 1.165) is 0 Å². The molecule has 0 spiro atoms. The number of hydrogen-bond acceptors (Lipinski definition) is 3. The highest BCUT2D eigenvalue weighted by molar-refractivity contribution is 5.84. The molecule has 1 amide bonds. The maximum Gasteiger partial charge on any atom is 0.241 e. The van der Waals surface area contributed by atoms with Crippen molar-refractivity contribution in [1.82, 2.24) is 10.2 Å². The Morgan fingerprint density at radius 3 is 2.45 bits per heavy atom. The quantitative estimate of drug-likeness (QED) is 0.842. The van der Waals surface area contributed by atoms with E-state index >= 15 is 0 Å². The van der Waals surface area contributed by atoms with Crippen molar-refractivity contribution in [3.05, 3.63) is 0 Å². The minimum Gasteiger partial charge on any atom is -0.377 e. The maximum absolute atomic E-state index is 12.7. The maximum atomic E-state index is 12.7. The Balaban J connectivity index is 2.16. The molecule has 0 bridgehead atoms. The summed E-state index contributed by atoms with van der Waals surface area (Å²) in [6.07, 6.45) is 5.27. The monoisotopic (exact) mass is 282 g/mol. The molecular formula is C16H30N2O2. The fourth-order valence-electron chi connectivity index (χ4n) is 3.45. The van der Waals surface area contributed by atoms with Gasteiger partial charge in [-0.05, 0) is 38.5 Å². The van der Waals surface area contributed by atoms with Crippen LogP contribution in [0.25, 0.3) is 0 Å². The molecule has 2 rings (SSSR count). The zero-order valence-electron chi connectivity index (χ0n) is 13.6. The minimum atomic E-state index is -0.292. The van der Waals surface area contributed by atoms with E-state index in [-0.39, 0.29) is 23.7 Å². The molecule has 1 aliphatic heterocycles. The molecule has 116 valence electrons. The Morgan fingerprint density at radius 2 is 1.95 bits per heavy atom. The number of nitrogens with zero attached hydrogens (tertiary/aromatic N) is 1. The first-order chi connectivity index (χ1) is 9.35. The third kappa shape index (κ3) is 3.17. The zero-order chi connectivity index (χ0) is 14.9. The zero-order valence-corrected chi connectivity index (χ0v) is 13.6. The molecule has 1 N–H and O–H groups in total. The second-order valence-electron chi connectivity index (χ2n) is 7.31. The van der Waals surface area contributed by atoms with Crippen LogP contribution in [0.2, 0.25) is 0 Å². The number of amides is 1. The van der Waals surface area contributed by atoms with Gasteiger partial charge >= 0.3 is 0 Å². The predicted molar refractivity (Wildman–Crippen MR) is 80.3 cm³/mol. The lowest BCUT2D eigenvalue weighted by Crippen LogP contribution is -2.49. The minimum absolute atomic E-state index is 0.0340. The summed E-state index contributed by atoms with van der Waals surface area (Å²) < 4.78 is 5.53. The van der Waals surface area contributed by atoms with Crippen LogP contribution in [0.3, 0.4) is 0 Å². The van der Waals surface area contributed by atoms with Gasteiger partial charge in [-0.3, -0.25) is 10.1 Å². The lowest BCUT2D eigenvalue weighted by Gasteiger charge is -2.35. The summed E-state index contributed by atoms with van der Waals surface area (Å²) in [4.78, 5) is 14.8. The van der Waals surface area contributed by atoms with E-state index in [1.54, 1.807) is 7.11 Å². The summed E-state index contributed by atoms with van der Waals surface area (Å²) in [6.45, 7) is 9.00. The molecule has 0 aromatic heterocycles. The van der Waals surface area contributed by atoms with Crippen LogP contribution in [-0.2, 0) is 9.53 Å². The van der Waals surface area contributed by atoms with Crippen molar-refractivity contribution >= 4 is 5.91 Å². The molecule has 1 aliphatic carbocycles. The molecule has 20 heavy (non-hydrogen) atoms. The van der Waals surface area contributed by atoms with Gasteiger partial charge in [-0.25, -0.2) is 0 Å². The van der Waals surface area contributed by atoms with Gasteiger partial charge in [-0.1, -0.05) is 26.7 Å². The average Bonchev–Trinajstić information content (AvgIpc) is 2.99. The Hall–Kier alpha value is -0.610. The number of methoxy groups -OCH3 is 1. The van der Waals surface area contributed by atoms with Crippen LogP contribution in [0.1, 0.15) is 53.4 Å².